The van der Waals surface area contributed by atoms with Gasteiger partial charge < -0.3 is 9.47 Å². The fourth-order valence-electron chi connectivity index (χ4n) is 1.34. The number of nitro groups is 1. The van der Waals surface area contributed by atoms with E-state index in [4.69, 9.17) is 21.1 Å². The van der Waals surface area contributed by atoms with E-state index in [1.165, 1.54) is 37.7 Å². The number of halogens is 1. The van der Waals surface area contributed by atoms with Crippen LogP contribution in [-0.4, -0.2) is 22.0 Å². The molecule has 0 fully saturated rings. The molecule has 1 aromatic heterocycles. The number of benzene rings is 1. The highest BCUT2D eigenvalue weighted by atomic mass is 35.5. The normalized spacial score (nSPS) is 10.0. The lowest BCUT2D eigenvalue weighted by molar-refractivity contribution is -0.385. The van der Waals surface area contributed by atoms with E-state index in [0.29, 0.717) is 5.75 Å². The largest absolute Gasteiger partial charge is 0.497 e. The van der Waals surface area contributed by atoms with Gasteiger partial charge in [-0.1, -0.05) is 11.6 Å². The van der Waals surface area contributed by atoms with Gasteiger partial charge >= 0.3 is 5.69 Å². The van der Waals surface area contributed by atoms with Gasteiger partial charge in [0.05, 0.1) is 12.0 Å². The van der Waals surface area contributed by atoms with E-state index >= 15 is 0 Å². The second-order valence-corrected chi connectivity index (χ2v) is 3.76. The monoisotopic (exact) mass is 281 g/mol. The number of aromatic nitrogens is 2. The molecule has 0 aliphatic carbocycles. The fourth-order valence-corrected chi connectivity index (χ4v) is 1.48. The maximum Gasteiger partial charge on any atom is 0.311 e. The Morgan fingerprint density at radius 3 is 2.74 bits per heavy atom. The molecule has 0 saturated heterocycles. The van der Waals surface area contributed by atoms with Crippen LogP contribution in [0.5, 0.6) is 17.4 Å². The van der Waals surface area contributed by atoms with Crippen LogP contribution >= 0.6 is 11.6 Å². The molecule has 1 aromatic carbocycles. The molecule has 0 atom stereocenters. The van der Waals surface area contributed by atoms with Gasteiger partial charge in [0.1, 0.15) is 17.2 Å². The number of hydrogen-bond acceptors (Lipinski definition) is 6. The first-order chi connectivity index (χ1) is 9.10. The summed E-state index contributed by atoms with van der Waals surface area (Å²) >= 11 is 5.68. The van der Waals surface area contributed by atoms with Crippen LogP contribution in [0, 0.1) is 10.1 Å². The number of nitrogens with zero attached hydrogens (tertiary/aromatic N) is 3. The van der Waals surface area contributed by atoms with E-state index in [1.807, 2.05) is 0 Å². The fraction of sp³-hybridized carbons (Fsp3) is 0.0909. The molecule has 0 amide bonds. The molecule has 7 nitrogen and oxygen atoms in total. The van der Waals surface area contributed by atoms with E-state index in [-0.39, 0.29) is 22.5 Å². The highest BCUT2D eigenvalue weighted by Crippen LogP contribution is 2.34. The van der Waals surface area contributed by atoms with Crippen molar-refractivity contribution in [3.05, 3.63) is 45.9 Å². The van der Waals surface area contributed by atoms with Crippen molar-refractivity contribution in [3.8, 4) is 17.4 Å². The first kappa shape index (κ1) is 13.0. The SMILES string of the molecule is COc1ccc([N+](=O)[O-])c(Oc2cc(Cl)ncn2)c1. The zero-order valence-corrected chi connectivity index (χ0v) is 10.5. The predicted octanol–water partition coefficient (Wildman–Crippen LogP) is 2.84. The van der Waals surface area contributed by atoms with E-state index in [2.05, 4.69) is 9.97 Å². The Hall–Kier alpha value is -2.41. The first-order valence-electron chi connectivity index (χ1n) is 5.08. The Morgan fingerprint density at radius 1 is 1.32 bits per heavy atom. The summed E-state index contributed by atoms with van der Waals surface area (Å²) in [6, 6.07) is 5.51. The number of rotatable bonds is 4. The maximum absolute atomic E-state index is 10.9. The van der Waals surface area contributed by atoms with Gasteiger partial charge in [-0.25, -0.2) is 9.97 Å². The van der Waals surface area contributed by atoms with Crippen LogP contribution in [0.25, 0.3) is 0 Å². The first-order valence-corrected chi connectivity index (χ1v) is 5.46. The molecule has 8 heteroatoms. The average molecular weight is 282 g/mol. The van der Waals surface area contributed by atoms with Gasteiger partial charge in [0.2, 0.25) is 11.6 Å². The third-order valence-electron chi connectivity index (χ3n) is 2.19. The summed E-state index contributed by atoms with van der Waals surface area (Å²) in [5, 5.41) is 11.1. The van der Waals surface area contributed by atoms with E-state index in [0.717, 1.165) is 0 Å². The van der Waals surface area contributed by atoms with Crippen LogP contribution in [0.4, 0.5) is 5.69 Å². The minimum atomic E-state index is -0.558. The molecular weight excluding hydrogens is 274 g/mol. The van der Waals surface area contributed by atoms with Gasteiger partial charge in [0, 0.05) is 18.2 Å². The van der Waals surface area contributed by atoms with Crippen LogP contribution in [0.15, 0.2) is 30.6 Å². The molecule has 19 heavy (non-hydrogen) atoms. The van der Waals surface area contributed by atoms with Crippen molar-refractivity contribution in [2.45, 2.75) is 0 Å². The standard InChI is InChI=1S/C11H8ClN3O4/c1-18-7-2-3-8(15(16)17)9(4-7)19-11-5-10(12)13-6-14-11/h2-6H,1H3. The van der Waals surface area contributed by atoms with Gasteiger partial charge in [-0.2, -0.15) is 0 Å². The number of hydrogen-bond donors (Lipinski definition) is 0. The van der Waals surface area contributed by atoms with Gasteiger partial charge in [-0.15, -0.1) is 0 Å². The predicted molar refractivity (Wildman–Crippen MR) is 66.8 cm³/mol. The van der Waals surface area contributed by atoms with E-state index < -0.39 is 4.92 Å². The highest BCUT2D eigenvalue weighted by molar-refractivity contribution is 6.29. The molecule has 0 unspecified atom stereocenters. The molecule has 1 heterocycles. The smallest absolute Gasteiger partial charge is 0.311 e. The zero-order valence-electron chi connectivity index (χ0n) is 9.74. The Kier molecular flexibility index (Phi) is 3.76. The third-order valence-corrected chi connectivity index (χ3v) is 2.39. The van der Waals surface area contributed by atoms with Crippen molar-refractivity contribution in [1.29, 1.82) is 0 Å². The molecular formula is C11H8ClN3O4. The average Bonchev–Trinajstić information content (AvgIpc) is 2.38. The van der Waals surface area contributed by atoms with Crippen molar-refractivity contribution in [3.63, 3.8) is 0 Å². The highest BCUT2D eigenvalue weighted by Gasteiger charge is 2.17. The second kappa shape index (κ2) is 5.49. The quantitative estimate of drug-likeness (QED) is 0.486. The van der Waals surface area contributed by atoms with Crippen molar-refractivity contribution in [2.75, 3.05) is 7.11 Å². The van der Waals surface area contributed by atoms with Crippen LogP contribution in [-0.2, 0) is 0 Å². The van der Waals surface area contributed by atoms with Crippen molar-refractivity contribution in [1.82, 2.24) is 9.97 Å². The number of nitro benzene ring substituents is 1. The summed E-state index contributed by atoms with van der Waals surface area (Å²) in [4.78, 5) is 17.8. The molecule has 0 N–H and O–H groups in total. The number of methoxy groups -OCH3 is 1. The minimum Gasteiger partial charge on any atom is -0.497 e. The van der Waals surface area contributed by atoms with E-state index in [9.17, 15) is 10.1 Å². The Balaban J connectivity index is 2.39. The van der Waals surface area contributed by atoms with Crippen LogP contribution < -0.4 is 9.47 Å². The second-order valence-electron chi connectivity index (χ2n) is 3.37. The molecule has 2 rings (SSSR count). The summed E-state index contributed by atoms with van der Waals surface area (Å²) in [6.07, 6.45) is 1.20. The lowest BCUT2D eigenvalue weighted by atomic mass is 10.3. The Morgan fingerprint density at radius 2 is 2.11 bits per heavy atom. The lowest BCUT2D eigenvalue weighted by Crippen LogP contribution is -1.96. The topological polar surface area (TPSA) is 87.4 Å². The Bertz CT molecular complexity index is 621. The Labute approximate surface area is 112 Å². The van der Waals surface area contributed by atoms with Crippen molar-refractivity contribution < 1.29 is 14.4 Å². The van der Waals surface area contributed by atoms with Crippen molar-refractivity contribution >= 4 is 17.3 Å². The molecule has 0 saturated carbocycles. The van der Waals surface area contributed by atoms with Crippen molar-refractivity contribution in [2.24, 2.45) is 0 Å². The molecule has 0 radical (unpaired) electrons. The molecule has 0 bridgehead atoms. The van der Waals surface area contributed by atoms with Crippen LogP contribution in [0.2, 0.25) is 5.15 Å². The minimum absolute atomic E-state index is 0.0131. The summed E-state index contributed by atoms with van der Waals surface area (Å²) in [7, 11) is 1.45. The molecule has 2 aromatic rings. The zero-order chi connectivity index (χ0) is 13.8. The molecule has 0 aliphatic heterocycles. The van der Waals surface area contributed by atoms with Crippen LogP contribution in [0.3, 0.4) is 0 Å². The van der Waals surface area contributed by atoms with Gasteiger partial charge in [-0.3, -0.25) is 10.1 Å². The molecule has 0 aliphatic rings. The summed E-state index contributed by atoms with van der Waals surface area (Å²) in [5.74, 6) is 0.552. The summed E-state index contributed by atoms with van der Waals surface area (Å²) in [5.41, 5.74) is -0.199. The summed E-state index contributed by atoms with van der Waals surface area (Å²) in [6.45, 7) is 0. The lowest BCUT2D eigenvalue weighted by Gasteiger charge is -2.07. The summed E-state index contributed by atoms with van der Waals surface area (Å²) < 4.78 is 10.3. The van der Waals surface area contributed by atoms with E-state index in [1.54, 1.807) is 0 Å². The number of ether oxygens (including phenoxy) is 2. The maximum atomic E-state index is 10.9. The van der Waals surface area contributed by atoms with Crippen LogP contribution in [0.1, 0.15) is 0 Å². The van der Waals surface area contributed by atoms with Gasteiger partial charge in [0.25, 0.3) is 0 Å². The van der Waals surface area contributed by atoms with Gasteiger partial charge in [0.15, 0.2) is 0 Å². The van der Waals surface area contributed by atoms with Gasteiger partial charge in [-0.05, 0) is 6.07 Å². The molecule has 0 spiro atoms. The third kappa shape index (κ3) is 3.08. The molecule has 98 valence electrons.